The molecule has 0 aliphatic heterocycles. The van der Waals surface area contributed by atoms with Crippen LogP contribution >= 0.6 is 0 Å². The molecule has 0 aromatic heterocycles. The van der Waals surface area contributed by atoms with Crippen molar-refractivity contribution in [3.8, 4) is 11.5 Å². The van der Waals surface area contributed by atoms with Gasteiger partial charge in [0.05, 0.1) is 20.3 Å². The first kappa shape index (κ1) is 13.4. The van der Waals surface area contributed by atoms with Crippen LogP contribution < -0.4 is 15.2 Å². The number of benzene rings is 2. The summed E-state index contributed by atoms with van der Waals surface area (Å²) in [5.74, 6) is 0.406. The first-order chi connectivity index (χ1) is 9.17. The molecule has 0 saturated heterocycles. The van der Waals surface area contributed by atoms with Crippen LogP contribution in [0.1, 0.15) is 17.2 Å². The van der Waals surface area contributed by atoms with E-state index >= 15 is 0 Å². The number of ether oxygens (including phenoxy) is 2. The Morgan fingerprint density at radius 3 is 2.16 bits per heavy atom. The van der Waals surface area contributed by atoms with Gasteiger partial charge in [-0.3, -0.25) is 0 Å². The number of rotatable bonds is 4. The van der Waals surface area contributed by atoms with E-state index in [0.717, 1.165) is 5.56 Å². The minimum atomic E-state index is -0.541. The van der Waals surface area contributed by atoms with E-state index in [1.807, 2.05) is 30.3 Å². The largest absolute Gasteiger partial charge is 0.493 e. The molecule has 2 aromatic carbocycles. The smallest absolute Gasteiger partial charge is 0.163 e. The first-order valence-corrected chi connectivity index (χ1v) is 5.89. The van der Waals surface area contributed by atoms with Crippen LogP contribution in [0.4, 0.5) is 4.39 Å². The van der Waals surface area contributed by atoms with Crippen molar-refractivity contribution in [2.75, 3.05) is 14.2 Å². The summed E-state index contributed by atoms with van der Waals surface area (Å²) in [5.41, 5.74) is 7.32. The summed E-state index contributed by atoms with van der Waals surface area (Å²) in [5, 5.41) is 0. The van der Waals surface area contributed by atoms with Gasteiger partial charge in [-0.1, -0.05) is 30.3 Å². The minimum Gasteiger partial charge on any atom is -0.493 e. The minimum absolute atomic E-state index is 0.351. The lowest BCUT2D eigenvalue weighted by Gasteiger charge is -2.16. The molecule has 19 heavy (non-hydrogen) atoms. The molecule has 1 unspecified atom stereocenters. The number of halogens is 1. The summed E-state index contributed by atoms with van der Waals surface area (Å²) < 4.78 is 24.3. The van der Waals surface area contributed by atoms with Gasteiger partial charge in [0.2, 0.25) is 0 Å². The van der Waals surface area contributed by atoms with Gasteiger partial charge in [-0.05, 0) is 11.6 Å². The highest BCUT2D eigenvalue weighted by atomic mass is 19.1. The zero-order valence-corrected chi connectivity index (χ0v) is 10.9. The molecule has 4 heteroatoms. The fraction of sp³-hybridized carbons (Fsp3) is 0.200. The molecule has 0 aliphatic rings. The molecule has 2 aromatic rings. The third kappa shape index (κ3) is 2.69. The second-order valence-electron chi connectivity index (χ2n) is 4.12. The Morgan fingerprint density at radius 1 is 1.00 bits per heavy atom. The summed E-state index contributed by atoms with van der Waals surface area (Å²) >= 11 is 0. The molecule has 0 saturated carbocycles. The van der Waals surface area contributed by atoms with Gasteiger partial charge in [0, 0.05) is 11.6 Å². The van der Waals surface area contributed by atoms with Crippen LogP contribution in [0.3, 0.4) is 0 Å². The zero-order valence-electron chi connectivity index (χ0n) is 10.9. The normalized spacial score (nSPS) is 12.0. The second kappa shape index (κ2) is 5.71. The molecule has 0 heterocycles. The molecule has 1 atom stereocenters. The second-order valence-corrected chi connectivity index (χ2v) is 4.12. The maximum atomic E-state index is 14.1. The van der Waals surface area contributed by atoms with Gasteiger partial charge in [0.25, 0.3) is 0 Å². The van der Waals surface area contributed by atoms with E-state index in [2.05, 4.69) is 0 Å². The topological polar surface area (TPSA) is 44.5 Å². The highest BCUT2D eigenvalue weighted by Crippen LogP contribution is 2.33. The number of nitrogens with two attached hydrogens (primary N) is 1. The third-order valence-electron chi connectivity index (χ3n) is 3.00. The third-order valence-corrected chi connectivity index (χ3v) is 3.00. The van der Waals surface area contributed by atoms with E-state index in [-0.39, 0.29) is 0 Å². The molecule has 2 N–H and O–H groups in total. The number of hydrogen-bond donors (Lipinski definition) is 1. The van der Waals surface area contributed by atoms with Gasteiger partial charge in [-0.2, -0.15) is 0 Å². The van der Waals surface area contributed by atoms with E-state index in [9.17, 15) is 4.39 Å². The first-order valence-electron chi connectivity index (χ1n) is 5.89. The van der Waals surface area contributed by atoms with E-state index in [1.165, 1.54) is 20.3 Å². The number of hydrogen-bond acceptors (Lipinski definition) is 3. The van der Waals surface area contributed by atoms with Crippen LogP contribution in [0.5, 0.6) is 11.5 Å². The van der Waals surface area contributed by atoms with Crippen molar-refractivity contribution in [2.24, 2.45) is 5.73 Å². The molecular formula is C15H16FNO2. The average Bonchev–Trinajstić information content (AvgIpc) is 2.47. The van der Waals surface area contributed by atoms with Crippen molar-refractivity contribution in [3.63, 3.8) is 0 Å². The van der Waals surface area contributed by atoms with Crippen LogP contribution in [-0.2, 0) is 0 Å². The van der Waals surface area contributed by atoms with Gasteiger partial charge in [0.1, 0.15) is 5.82 Å². The van der Waals surface area contributed by atoms with Crippen molar-refractivity contribution < 1.29 is 13.9 Å². The Bertz CT molecular complexity index is 558. The van der Waals surface area contributed by atoms with Gasteiger partial charge in [0.15, 0.2) is 11.5 Å². The Morgan fingerprint density at radius 2 is 1.58 bits per heavy atom. The Labute approximate surface area is 111 Å². The molecule has 0 radical (unpaired) electrons. The SMILES string of the molecule is COc1cc(F)c(C(N)c2ccccc2)cc1OC. The Hall–Kier alpha value is -2.07. The molecular weight excluding hydrogens is 245 g/mol. The van der Waals surface area contributed by atoms with Crippen LogP contribution in [0.15, 0.2) is 42.5 Å². The Balaban J connectivity index is 2.45. The summed E-state index contributed by atoms with van der Waals surface area (Å²) in [7, 11) is 2.97. The lowest BCUT2D eigenvalue weighted by atomic mass is 9.98. The average molecular weight is 261 g/mol. The fourth-order valence-corrected chi connectivity index (χ4v) is 1.95. The molecule has 0 fully saturated rings. The van der Waals surface area contributed by atoms with Crippen LogP contribution in [0.2, 0.25) is 0 Å². The van der Waals surface area contributed by atoms with Crippen LogP contribution in [0.25, 0.3) is 0 Å². The van der Waals surface area contributed by atoms with Crippen molar-refractivity contribution in [1.82, 2.24) is 0 Å². The van der Waals surface area contributed by atoms with Crippen molar-refractivity contribution in [3.05, 3.63) is 59.4 Å². The lowest BCUT2D eigenvalue weighted by molar-refractivity contribution is 0.351. The molecule has 0 bridgehead atoms. The van der Waals surface area contributed by atoms with Crippen LogP contribution in [0, 0.1) is 5.82 Å². The molecule has 0 spiro atoms. The van der Waals surface area contributed by atoms with Crippen molar-refractivity contribution >= 4 is 0 Å². The molecule has 3 nitrogen and oxygen atoms in total. The van der Waals surface area contributed by atoms with E-state index < -0.39 is 11.9 Å². The predicted octanol–water partition coefficient (Wildman–Crippen LogP) is 2.89. The Kier molecular flexibility index (Phi) is 4.02. The zero-order chi connectivity index (χ0) is 13.8. The molecule has 100 valence electrons. The molecule has 2 rings (SSSR count). The molecule has 0 aliphatic carbocycles. The summed E-state index contributed by atoms with van der Waals surface area (Å²) in [6.45, 7) is 0. The lowest BCUT2D eigenvalue weighted by Crippen LogP contribution is -2.14. The molecule has 0 amide bonds. The predicted molar refractivity (Wildman–Crippen MR) is 72.0 cm³/mol. The van der Waals surface area contributed by atoms with Gasteiger partial charge < -0.3 is 15.2 Å². The summed E-state index contributed by atoms with van der Waals surface area (Å²) in [4.78, 5) is 0. The summed E-state index contributed by atoms with van der Waals surface area (Å²) in [6, 6.07) is 11.7. The van der Waals surface area contributed by atoms with E-state index in [4.69, 9.17) is 15.2 Å². The van der Waals surface area contributed by atoms with Crippen molar-refractivity contribution in [1.29, 1.82) is 0 Å². The fourth-order valence-electron chi connectivity index (χ4n) is 1.95. The van der Waals surface area contributed by atoms with Crippen LogP contribution in [-0.4, -0.2) is 14.2 Å². The maximum absolute atomic E-state index is 14.1. The highest BCUT2D eigenvalue weighted by Gasteiger charge is 2.17. The van der Waals surface area contributed by atoms with Crippen molar-refractivity contribution in [2.45, 2.75) is 6.04 Å². The van der Waals surface area contributed by atoms with Gasteiger partial charge in [-0.15, -0.1) is 0 Å². The number of methoxy groups -OCH3 is 2. The maximum Gasteiger partial charge on any atom is 0.163 e. The monoisotopic (exact) mass is 261 g/mol. The van der Waals surface area contributed by atoms with E-state index in [1.54, 1.807) is 6.07 Å². The van der Waals surface area contributed by atoms with E-state index in [0.29, 0.717) is 17.1 Å². The summed E-state index contributed by atoms with van der Waals surface area (Å²) in [6.07, 6.45) is 0. The standard InChI is InChI=1S/C15H16FNO2/c1-18-13-8-11(12(16)9-14(13)19-2)15(17)10-6-4-3-5-7-10/h3-9,15H,17H2,1-2H3. The quantitative estimate of drug-likeness (QED) is 0.920. The van der Waals surface area contributed by atoms with Gasteiger partial charge in [-0.25, -0.2) is 4.39 Å². The van der Waals surface area contributed by atoms with Gasteiger partial charge >= 0.3 is 0 Å². The highest BCUT2D eigenvalue weighted by molar-refractivity contribution is 5.46.